The van der Waals surface area contributed by atoms with Crippen LogP contribution in [0.25, 0.3) is 0 Å². The van der Waals surface area contributed by atoms with Crippen LogP contribution in [0.4, 0.5) is 5.69 Å². The summed E-state index contributed by atoms with van der Waals surface area (Å²) < 4.78 is 0. The van der Waals surface area contributed by atoms with Crippen LogP contribution >= 0.6 is 24.8 Å². The number of hydrogen-bond acceptors (Lipinski definition) is 3. The lowest BCUT2D eigenvalue weighted by Crippen LogP contribution is -2.29. The van der Waals surface area contributed by atoms with Gasteiger partial charge in [0.25, 0.3) is 0 Å². The van der Waals surface area contributed by atoms with Gasteiger partial charge in [-0.15, -0.1) is 24.8 Å². The van der Waals surface area contributed by atoms with Gasteiger partial charge in [-0.05, 0) is 30.7 Å². The molecular weight excluding hydrogens is 263 g/mol. The maximum atomic E-state index is 5.51. The Labute approximate surface area is 113 Å². The molecule has 0 aliphatic carbocycles. The highest BCUT2D eigenvalue weighted by Crippen LogP contribution is 2.12. The quantitative estimate of drug-likeness (QED) is 0.439. The summed E-state index contributed by atoms with van der Waals surface area (Å²) in [5.41, 5.74) is 15.4. The minimum atomic E-state index is 0. The Hall–Kier alpha value is -1.01. The first-order valence-corrected chi connectivity index (χ1v) is 4.68. The largest absolute Gasteiger partial charge is 0.368 e. The van der Waals surface area contributed by atoms with Crippen molar-refractivity contribution in [1.82, 2.24) is 5.48 Å². The molecule has 7 heteroatoms. The highest BCUT2D eigenvalue weighted by Gasteiger charge is 1.94. The van der Waals surface area contributed by atoms with Crippen molar-refractivity contribution in [3.05, 3.63) is 29.8 Å². The van der Waals surface area contributed by atoms with E-state index in [0.29, 0.717) is 6.54 Å². The Morgan fingerprint density at radius 2 is 1.88 bits per heavy atom. The fraction of sp³-hybridized carbons (Fsp3) is 0.300. The van der Waals surface area contributed by atoms with E-state index in [0.717, 1.165) is 12.1 Å². The number of guanidine groups is 1. The zero-order chi connectivity index (χ0) is 11.1. The number of hydrogen-bond donors (Lipinski definition) is 3. The second-order valence-corrected chi connectivity index (χ2v) is 3.01. The predicted molar refractivity (Wildman–Crippen MR) is 75.1 cm³/mol. The summed E-state index contributed by atoms with van der Waals surface area (Å²) in [5.74, 6) is 0.226. The summed E-state index contributed by atoms with van der Waals surface area (Å²) in [5, 5.41) is 0. The second-order valence-electron chi connectivity index (χ2n) is 3.01. The molecule has 0 unspecified atom stereocenters. The molecule has 0 aliphatic heterocycles. The van der Waals surface area contributed by atoms with E-state index in [9.17, 15) is 0 Å². The van der Waals surface area contributed by atoms with Crippen molar-refractivity contribution >= 4 is 36.5 Å². The Kier molecular flexibility index (Phi) is 11.0. The molecule has 0 saturated heterocycles. The minimum Gasteiger partial charge on any atom is -0.368 e. The molecule has 1 aromatic rings. The molecule has 5 nitrogen and oxygen atoms in total. The molecule has 98 valence electrons. The Morgan fingerprint density at radius 3 is 2.35 bits per heavy atom. The van der Waals surface area contributed by atoms with Crippen molar-refractivity contribution in [2.24, 2.45) is 16.5 Å². The third-order valence-corrected chi connectivity index (χ3v) is 1.83. The predicted octanol–water partition coefficient (Wildman–Crippen LogP) is 1.13. The van der Waals surface area contributed by atoms with Crippen LogP contribution in [0.5, 0.6) is 0 Å². The van der Waals surface area contributed by atoms with E-state index < -0.39 is 0 Å². The van der Waals surface area contributed by atoms with Gasteiger partial charge in [0.2, 0.25) is 5.96 Å². The van der Waals surface area contributed by atoms with Gasteiger partial charge >= 0.3 is 0 Å². The van der Waals surface area contributed by atoms with Gasteiger partial charge in [0.15, 0.2) is 0 Å². The van der Waals surface area contributed by atoms with Crippen molar-refractivity contribution in [1.29, 1.82) is 0 Å². The average Bonchev–Trinajstić information content (AvgIpc) is 2.22. The minimum absolute atomic E-state index is 0. The third-order valence-electron chi connectivity index (χ3n) is 1.83. The molecule has 0 aliphatic rings. The molecule has 0 spiro atoms. The number of nitrogens with zero attached hydrogens (tertiary/aromatic N) is 1. The van der Waals surface area contributed by atoms with Crippen molar-refractivity contribution < 1.29 is 4.84 Å². The summed E-state index contributed by atoms with van der Waals surface area (Å²) in [6.45, 7) is 0.649. The summed E-state index contributed by atoms with van der Waals surface area (Å²) >= 11 is 0. The molecule has 0 fully saturated rings. The van der Waals surface area contributed by atoms with E-state index in [1.165, 1.54) is 12.7 Å². The topological polar surface area (TPSA) is 85.7 Å². The highest BCUT2D eigenvalue weighted by molar-refractivity contribution is 5.85. The first-order valence-electron chi connectivity index (χ1n) is 4.68. The lowest BCUT2D eigenvalue weighted by Gasteiger charge is -2.02. The van der Waals surface area contributed by atoms with Gasteiger partial charge in [-0.3, -0.25) is 4.84 Å². The smallest absolute Gasteiger partial charge is 0.218 e. The molecule has 0 aromatic heterocycles. The average molecular weight is 281 g/mol. The van der Waals surface area contributed by atoms with Crippen LogP contribution in [0.3, 0.4) is 0 Å². The molecule has 5 N–H and O–H groups in total. The summed E-state index contributed by atoms with van der Waals surface area (Å²) in [7, 11) is 1.48. The number of hydroxylamine groups is 1. The first-order chi connectivity index (χ1) is 7.26. The van der Waals surface area contributed by atoms with Gasteiger partial charge in [0.1, 0.15) is 0 Å². The molecule has 0 bridgehead atoms. The monoisotopic (exact) mass is 280 g/mol. The number of benzene rings is 1. The van der Waals surface area contributed by atoms with Crippen molar-refractivity contribution in [3.63, 3.8) is 0 Å². The lowest BCUT2D eigenvalue weighted by atomic mass is 10.1. The number of halogens is 2. The number of aliphatic imine (C=N–C) groups is 1. The number of rotatable bonds is 4. The van der Waals surface area contributed by atoms with Crippen LogP contribution in [0.15, 0.2) is 29.3 Å². The van der Waals surface area contributed by atoms with Gasteiger partial charge < -0.3 is 11.5 Å². The van der Waals surface area contributed by atoms with Crippen LogP contribution in [-0.4, -0.2) is 19.6 Å². The summed E-state index contributed by atoms with van der Waals surface area (Å²) in [6.07, 6.45) is 0.871. The molecule has 0 saturated carbocycles. The van der Waals surface area contributed by atoms with Crippen LogP contribution in [-0.2, 0) is 11.3 Å². The SMILES string of the molecule is CONC(N)=Nc1ccc(CCN)cc1.Cl.Cl. The Bertz CT molecular complexity index is 330. The molecule has 0 heterocycles. The molecule has 1 aromatic carbocycles. The van der Waals surface area contributed by atoms with E-state index in [2.05, 4.69) is 15.3 Å². The van der Waals surface area contributed by atoms with Crippen molar-refractivity contribution in [2.45, 2.75) is 6.42 Å². The zero-order valence-electron chi connectivity index (χ0n) is 9.55. The number of nitrogens with one attached hydrogen (secondary N) is 1. The van der Waals surface area contributed by atoms with Gasteiger partial charge in [0, 0.05) is 0 Å². The van der Waals surface area contributed by atoms with Gasteiger partial charge in [-0.2, -0.15) is 0 Å². The van der Waals surface area contributed by atoms with Crippen LogP contribution in [0, 0.1) is 0 Å². The molecule has 0 atom stereocenters. The molecule has 0 amide bonds. The normalized spacial score (nSPS) is 10.1. The molecule has 17 heavy (non-hydrogen) atoms. The zero-order valence-corrected chi connectivity index (χ0v) is 11.2. The number of nitrogens with two attached hydrogens (primary N) is 2. The van der Waals surface area contributed by atoms with E-state index >= 15 is 0 Å². The van der Waals surface area contributed by atoms with Crippen molar-refractivity contribution in [2.75, 3.05) is 13.7 Å². The molecular formula is C10H18Cl2N4O. The van der Waals surface area contributed by atoms with Crippen molar-refractivity contribution in [3.8, 4) is 0 Å². The maximum absolute atomic E-state index is 5.51. The van der Waals surface area contributed by atoms with Crippen LogP contribution < -0.4 is 16.9 Å². The maximum Gasteiger partial charge on any atom is 0.218 e. The highest BCUT2D eigenvalue weighted by atomic mass is 35.5. The second kappa shape index (κ2) is 10.2. The summed E-state index contributed by atoms with van der Waals surface area (Å²) in [6, 6.07) is 7.72. The molecule has 0 radical (unpaired) electrons. The van der Waals surface area contributed by atoms with E-state index in [1.54, 1.807) is 0 Å². The fourth-order valence-electron chi connectivity index (χ4n) is 1.17. The molecule has 1 rings (SSSR count). The Morgan fingerprint density at radius 1 is 1.29 bits per heavy atom. The van der Waals surface area contributed by atoms with Crippen LogP contribution in [0.1, 0.15) is 5.56 Å². The fourth-order valence-corrected chi connectivity index (χ4v) is 1.17. The van der Waals surface area contributed by atoms with E-state index in [1.807, 2.05) is 24.3 Å². The third kappa shape index (κ3) is 7.01. The standard InChI is InChI=1S/C10H16N4O.2ClH/c1-15-14-10(12)13-9-4-2-8(3-5-9)6-7-11;;/h2-5H,6-7,11H2,1H3,(H3,12,13,14);2*1H. The Balaban J connectivity index is 0. The van der Waals surface area contributed by atoms with E-state index in [4.69, 9.17) is 11.5 Å². The van der Waals surface area contributed by atoms with Crippen LogP contribution in [0.2, 0.25) is 0 Å². The first kappa shape index (κ1) is 18.4. The van der Waals surface area contributed by atoms with Gasteiger partial charge in [-0.25, -0.2) is 10.5 Å². The van der Waals surface area contributed by atoms with E-state index in [-0.39, 0.29) is 30.8 Å². The lowest BCUT2D eigenvalue weighted by molar-refractivity contribution is 0.143. The van der Waals surface area contributed by atoms with Gasteiger partial charge in [-0.1, -0.05) is 12.1 Å². The summed E-state index contributed by atoms with van der Waals surface area (Å²) in [4.78, 5) is 8.69. The van der Waals surface area contributed by atoms with Gasteiger partial charge in [0.05, 0.1) is 12.8 Å².